The van der Waals surface area contributed by atoms with Gasteiger partial charge in [0.15, 0.2) is 14.7 Å². The Bertz CT molecular complexity index is 579. The SMILES string of the molecule is C=C.C=C/C(=C\C)[S+](c1ccccc1)c1ccc(C)cc1. The van der Waals surface area contributed by atoms with Gasteiger partial charge in [0.25, 0.3) is 0 Å². The molecule has 2 aromatic carbocycles. The van der Waals surface area contributed by atoms with Crippen LogP contribution in [0.3, 0.4) is 0 Å². The van der Waals surface area contributed by atoms with E-state index in [4.69, 9.17) is 0 Å². The van der Waals surface area contributed by atoms with Gasteiger partial charge in [-0.05, 0) is 50.3 Å². The van der Waals surface area contributed by atoms with Gasteiger partial charge in [0.1, 0.15) is 0 Å². The molecule has 0 saturated heterocycles. The summed E-state index contributed by atoms with van der Waals surface area (Å²) in [5.41, 5.74) is 1.29. The maximum atomic E-state index is 3.96. The van der Waals surface area contributed by atoms with Crippen molar-refractivity contribution in [1.29, 1.82) is 0 Å². The fraction of sp³-hybridized carbons (Fsp3) is 0.100. The van der Waals surface area contributed by atoms with Crippen molar-refractivity contribution in [3.05, 3.63) is 97.0 Å². The molecule has 0 radical (unpaired) electrons. The first-order valence-electron chi connectivity index (χ1n) is 6.91. The van der Waals surface area contributed by atoms with Gasteiger partial charge in [-0.2, -0.15) is 0 Å². The lowest BCUT2D eigenvalue weighted by molar-refractivity contribution is 1.34. The van der Waals surface area contributed by atoms with Crippen molar-refractivity contribution in [2.45, 2.75) is 23.6 Å². The van der Waals surface area contributed by atoms with E-state index in [1.165, 1.54) is 20.3 Å². The molecule has 0 aliphatic rings. The largest absolute Gasteiger partial charge is 0.166 e. The molecule has 0 aliphatic heterocycles. The van der Waals surface area contributed by atoms with E-state index >= 15 is 0 Å². The van der Waals surface area contributed by atoms with E-state index in [1.807, 2.05) is 6.08 Å². The summed E-state index contributed by atoms with van der Waals surface area (Å²) in [6.45, 7) is 14.2. The normalized spacial score (nSPS) is 12.0. The van der Waals surface area contributed by atoms with E-state index in [0.717, 1.165) is 0 Å². The summed E-state index contributed by atoms with van der Waals surface area (Å²) in [6, 6.07) is 19.4. The van der Waals surface area contributed by atoms with Gasteiger partial charge in [-0.1, -0.05) is 42.5 Å². The molecular weight excluding hydrogens is 272 g/mol. The monoisotopic (exact) mass is 295 g/mol. The third-order valence-corrected chi connectivity index (χ3v) is 5.32. The maximum absolute atomic E-state index is 3.96. The molecule has 0 bridgehead atoms. The Hall–Kier alpha value is -1.99. The molecule has 1 unspecified atom stereocenters. The minimum Gasteiger partial charge on any atom is -0.106 e. The van der Waals surface area contributed by atoms with E-state index < -0.39 is 0 Å². The third kappa shape index (κ3) is 4.51. The van der Waals surface area contributed by atoms with Crippen molar-refractivity contribution < 1.29 is 0 Å². The lowest BCUT2D eigenvalue weighted by Gasteiger charge is -2.08. The number of aryl methyl sites for hydroxylation is 1. The van der Waals surface area contributed by atoms with Crippen LogP contribution in [0.2, 0.25) is 0 Å². The molecule has 108 valence electrons. The first-order valence-corrected chi connectivity index (χ1v) is 8.13. The second kappa shape index (κ2) is 9.04. The van der Waals surface area contributed by atoms with Gasteiger partial charge in [0, 0.05) is 0 Å². The molecule has 0 aromatic heterocycles. The zero-order chi connectivity index (χ0) is 15.7. The van der Waals surface area contributed by atoms with Gasteiger partial charge in [-0.25, -0.2) is 0 Å². The first-order chi connectivity index (χ1) is 10.3. The van der Waals surface area contributed by atoms with Gasteiger partial charge < -0.3 is 0 Å². The molecular formula is C20H23S+. The molecule has 0 N–H and O–H groups in total. The Kier molecular flexibility index (Phi) is 7.34. The van der Waals surface area contributed by atoms with Gasteiger partial charge in [0.2, 0.25) is 0 Å². The highest BCUT2D eigenvalue weighted by Gasteiger charge is 2.28. The molecule has 0 saturated carbocycles. The van der Waals surface area contributed by atoms with Crippen molar-refractivity contribution in [2.24, 2.45) is 0 Å². The van der Waals surface area contributed by atoms with Crippen LogP contribution in [-0.2, 0) is 10.9 Å². The Balaban J connectivity index is 0.00000106. The average molecular weight is 295 g/mol. The van der Waals surface area contributed by atoms with Gasteiger partial charge in [-0.15, -0.1) is 13.2 Å². The van der Waals surface area contributed by atoms with E-state index in [9.17, 15) is 0 Å². The Labute approximate surface area is 131 Å². The third-order valence-electron chi connectivity index (χ3n) is 2.96. The lowest BCUT2D eigenvalue weighted by atomic mass is 10.2. The second-order valence-electron chi connectivity index (χ2n) is 4.33. The number of benzene rings is 2. The standard InChI is InChI=1S/C18H19S.C2H4/c1-4-16(5-2)19(17-9-7-6-8-10-17)18-13-11-15(3)12-14-18;1-2/h4-14H,1H2,2-3H3;1-2H2/q+1;/b16-5+;. The highest BCUT2D eigenvalue weighted by molar-refractivity contribution is 8.00. The fourth-order valence-corrected chi connectivity index (χ4v) is 4.01. The van der Waals surface area contributed by atoms with Gasteiger partial charge >= 0.3 is 0 Å². The molecule has 1 atom stereocenters. The molecule has 1 heteroatoms. The van der Waals surface area contributed by atoms with E-state index in [1.54, 1.807) is 0 Å². The summed E-state index contributed by atoms with van der Waals surface area (Å²) in [6.07, 6.45) is 4.12. The highest BCUT2D eigenvalue weighted by atomic mass is 32.2. The van der Waals surface area contributed by atoms with Gasteiger partial charge in [-0.3, -0.25) is 0 Å². The van der Waals surface area contributed by atoms with Crippen molar-refractivity contribution in [2.75, 3.05) is 0 Å². The minimum absolute atomic E-state index is 0.0543. The Morgan fingerprint density at radius 1 is 0.905 bits per heavy atom. The molecule has 21 heavy (non-hydrogen) atoms. The number of allylic oxidation sites excluding steroid dienone is 2. The summed E-state index contributed by atoms with van der Waals surface area (Å²) >= 11 is 0. The van der Waals surface area contributed by atoms with Crippen LogP contribution in [0.4, 0.5) is 0 Å². The topological polar surface area (TPSA) is 0 Å². The van der Waals surface area contributed by atoms with Crippen LogP contribution in [0.25, 0.3) is 0 Å². The second-order valence-corrected chi connectivity index (χ2v) is 6.35. The van der Waals surface area contributed by atoms with Crippen LogP contribution >= 0.6 is 0 Å². The van der Waals surface area contributed by atoms with Crippen LogP contribution in [0, 0.1) is 6.92 Å². The fourth-order valence-electron chi connectivity index (χ4n) is 1.96. The van der Waals surface area contributed by atoms with E-state index in [-0.39, 0.29) is 10.9 Å². The van der Waals surface area contributed by atoms with Crippen LogP contribution in [0.15, 0.2) is 101 Å². The van der Waals surface area contributed by atoms with Crippen LogP contribution < -0.4 is 0 Å². The molecule has 2 rings (SSSR count). The molecule has 0 spiro atoms. The van der Waals surface area contributed by atoms with Crippen LogP contribution in [-0.4, -0.2) is 0 Å². The van der Waals surface area contributed by atoms with Gasteiger partial charge in [0.05, 0.1) is 10.9 Å². The van der Waals surface area contributed by atoms with Crippen molar-refractivity contribution in [3.63, 3.8) is 0 Å². The summed E-state index contributed by atoms with van der Waals surface area (Å²) in [4.78, 5) is 3.94. The molecule has 2 aromatic rings. The lowest BCUT2D eigenvalue weighted by Crippen LogP contribution is -2.05. The Morgan fingerprint density at radius 2 is 1.43 bits per heavy atom. The van der Waals surface area contributed by atoms with E-state index in [0.29, 0.717) is 0 Å². The average Bonchev–Trinajstić information content (AvgIpc) is 2.56. The van der Waals surface area contributed by atoms with E-state index in [2.05, 4.69) is 94.3 Å². The van der Waals surface area contributed by atoms with Crippen molar-refractivity contribution >= 4 is 10.9 Å². The van der Waals surface area contributed by atoms with Crippen molar-refractivity contribution in [1.82, 2.24) is 0 Å². The number of hydrogen-bond donors (Lipinski definition) is 0. The smallest absolute Gasteiger partial charge is 0.106 e. The minimum atomic E-state index is -0.0543. The molecule has 0 aliphatic carbocycles. The quantitative estimate of drug-likeness (QED) is 0.373. The maximum Gasteiger partial charge on any atom is 0.166 e. The zero-order valence-corrected chi connectivity index (χ0v) is 13.7. The molecule has 0 heterocycles. The predicted octanol–water partition coefficient (Wildman–Crippen LogP) is 5.92. The first kappa shape index (κ1) is 17.1. The summed E-state index contributed by atoms with van der Waals surface area (Å²) < 4.78 is 0. The molecule has 0 nitrogen and oxygen atoms in total. The predicted molar refractivity (Wildman–Crippen MR) is 96.7 cm³/mol. The zero-order valence-electron chi connectivity index (χ0n) is 12.9. The molecule has 0 fully saturated rings. The summed E-state index contributed by atoms with van der Waals surface area (Å²) in [7, 11) is -0.0543. The van der Waals surface area contributed by atoms with Crippen LogP contribution in [0.1, 0.15) is 12.5 Å². The van der Waals surface area contributed by atoms with Crippen LogP contribution in [0.5, 0.6) is 0 Å². The molecule has 0 amide bonds. The summed E-state index contributed by atoms with van der Waals surface area (Å²) in [5, 5.41) is 0. The van der Waals surface area contributed by atoms with Crippen molar-refractivity contribution in [3.8, 4) is 0 Å². The highest BCUT2D eigenvalue weighted by Crippen LogP contribution is 2.30. The Morgan fingerprint density at radius 3 is 1.90 bits per heavy atom. The number of hydrogen-bond acceptors (Lipinski definition) is 0. The number of rotatable bonds is 4. The summed E-state index contributed by atoms with van der Waals surface area (Å²) in [5.74, 6) is 0.